The molecule has 2 aliphatic heterocycles. The van der Waals surface area contributed by atoms with Gasteiger partial charge in [-0.25, -0.2) is 0 Å². The zero-order valence-corrected chi connectivity index (χ0v) is 15.1. The van der Waals surface area contributed by atoms with E-state index in [2.05, 4.69) is 35.2 Å². The number of rotatable bonds is 6. The molecular formula is C21H31NO3. The van der Waals surface area contributed by atoms with Gasteiger partial charge in [-0.1, -0.05) is 43.2 Å². The van der Waals surface area contributed by atoms with Crippen molar-refractivity contribution in [2.45, 2.75) is 56.3 Å². The molecule has 0 bridgehead atoms. The molecule has 2 saturated heterocycles. The Labute approximate surface area is 151 Å². The lowest BCUT2D eigenvalue weighted by molar-refractivity contribution is -0.141. The zero-order valence-electron chi connectivity index (χ0n) is 15.1. The molecule has 0 amide bonds. The number of hydrogen-bond donors (Lipinski definition) is 1. The van der Waals surface area contributed by atoms with E-state index in [-0.39, 0.29) is 11.6 Å². The van der Waals surface area contributed by atoms with Crippen molar-refractivity contribution < 1.29 is 14.6 Å². The summed E-state index contributed by atoms with van der Waals surface area (Å²) in [6, 6.07) is 10.9. The summed E-state index contributed by atoms with van der Waals surface area (Å²) in [6.45, 7) is 3.84. The average Bonchev–Trinajstić information content (AvgIpc) is 2.66. The second-order valence-electron chi connectivity index (χ2n) is 7.94. The first kappa shape index (κ1) is 17.5. The first-order chi connectivity index (χ1) is 12.3. The van der Waals surface area contributed by atoms with Crippen molar-refractivity contribution in [2.75, 3.05) is 32.9 Å². The van der Waals surface area contributed by atoms with Crippen LogP contribution in [0.5, 0.6) is 0 Å². The standard InChI is InChI=1S/C21H31NO3/c23-19(16-25-20-9-12-24-13-10-20)15-22-14-18-8-4-5-11-21(18,22)17-6-2-1-3-7-17/h1-3,6-7,18-20,23H,4-5,8-16H2/t18-,19-,21-/m0/s1. The van der Waals surface area contributed by atoms with E-state index in [1.807, 2.05) is 0 Å². The van der Waals surface area contributed by atoms with Gasteiger partial charge in [-0.05, 0) is 37.2 Å². The molecule has 1 aromatic carbocycles. The van der Waals surface area contributed by atoms with Crippen LogP contribution in [0.4, 0.5) is 0 Å². The Balaban J connectivity index is 1.38. The molecular weight excluding hydrogens is 314 g/mol. The zero-order chi connectivity index (χ0) is 17.1. The SMILES string of the molecule is O[C@H](COC1CCOCC1)CN1C[C@@H]2CCCC[C@]21c1ccccc1. The Hall–Kier alpha value is -0.940. The minimum absolute atomic E-state index is 0.152. The number of aliphatic hydroxyl groups excluding tert-OH is 1. The Morgan fingerprint density at radius 1 is 1.16 bits per heavy atom. The molecule has 4 rings (SSSR count). The molecule has 1 saturated carbocycles. The molecule has 3 fully saturated rings. The molecule has 0 unspecified atom stereocenters. The highest BCUT2D eigenvalue weighted by Gasteiger charge is 2.54. The van der Waals surface area contributed by atoms with E-state index in [4.69, 9.17) is 9.47 Å². The van der Waals surface area contributed by atoms with Crippen molar-refractivity contribution in [2.24, 2.45) is 5.92 Å². The topological polar surface area (TPSA) is 41.9 Å². The number of fused-ring (bicyclic) bond motifs is 1. The van der Waals surface area contributed by atoms with Gasteiger partial charge in [0.15, 0.2) is 0 Å². The third-order valence-corrected chi connectivity index (χ3v) is 6.44. The number of nitrogens with zero attached hydrogens (tertiary/aromatic N) is 1. The summed E-state index contributed by atoms with van der Waals surface area (Å²) >= 11 is 0. The summed E-state index contributed by atoms with van der Waals surface area (Å²) in [5.41, 5.74) is 1.59. The first-order valence-corrected chi connectivity index (χ1v) is 9.97. The van der Waals surface area contributed by atoms with Gasteiger partial charge in [0.25, 0.3) is 0 Å². The lowest BCUT2D eigenvalue weighted by atomic mass is 9.61. The maximum atomic E-state index is 10.6. The molecule has 138 valence electrons. The summed E-state index contributed by atoms with van der Waals surface area (Å²) in [7, 11) is 0. The second-order valence-corrected chi connectivity index (χ2v) is 7.94. The Morgan fingerprint density at radius 2 is 1.96 bits per heavy atom. The third kappa shape index (κ3) is 3.50. The van der Waals surface area contributed by atoms with Crippen LogP contribution in [0.25, 0.3) is 0 Å². The van der Waals surface area contributed by atoms with Crippen molar-refractivity contribution in [3.63, 3.8) is 0 Å². The first-order valence-electron chi connectivity index (χ1n) is 9.97. The van der Waals surface area contributed by atoms with Crippen LogP contribution in [0.3, 0.4) is 0 Å². The van der Waals surface area contributed by atoms with E-state index in [9.17, 15) is 5.11 Å². The molecule has 4 heteroatoms. The van der Waals surface area contributed by atoms with Crippen molar-refractivity contribution in [1.29, 1.82) is 0 Å². The van der Waals surface area contributed by atoms with Crippen LogP contribution < -0.4 is 0 Å². The molecule has 0 spiro atoms. The average molecular weight is 345 g/mol. The van der Waals surface area contributed by atoms with Crippen LogP contribution >= 0.6 is 0 Å². The lowest BCUT2D eigenvalue weighted by Gasteiger charge is -2.62. The molecule has 4 nitrogen and oxygen atoms in total. The van der Waals surface area contributed by atoms with Crippen LogP contribution in [0.2, 0.25) is 0 Å². The number of likely N-dealkylation sites (tertiary alicyclic amines) is 1. The molecule has 3 aliphatic rings. The summed E-state index contributed by atoms with van der Waals surface area (Å²) in [6.07, 6.45) is 6.92. The Bertz CT molecular complexity index is 545. The molecule has 2 heterocycles. The minimum atomic E-state index is -0.411. The summed E-state index contributed by atoms with van der Waals surface area (Å²) in [5.74, 6) is 0.743. The maximum Gasteiger partial charge on any atom is 0.0900 e. The molecule has 3 atom stereocenters. The highest BCUT2D eigenvalue weighted by molar-refractivity contribution is 5.30. The van der Waals surface area contributed by atoms with Gasteiger partial charge in [0.1, 0.15) is 0 Å². The molecule has 0 aromatic heterocycles. The normalized spacial score (nSPS) is 32.0. The van der Waals surface area contributed by atoms with Crippen molar-refractivity contribution in [3.8, 4) is 0 Å². The van der Waals surface area contributed by atoms with Gasteiger partial charge in [0.2, 0.25) is 0 Å². The van der Waals surface area contributed by atoms with Gasteiger partial charge in [0.05, 0.1) is 24.4 Å². The van der Waals surface area contributed by atoms with Crippen LogP contribution in [0.15, 0.2) is 30.3 Å². The fourth-order valence-electron chi connectivity index (χ4n) is 5.13. The smallest absolute Gasteiger partial charge is 0.0900 e. The number of hydrogen-bond acceptors (Lipinski definition) is 4. The van der Waals surface area contributed by atoms with Gasteiger partial charge < -0.3 is 14.6 Å². The number of ether oxygens (including phenoxy) is 2. The van der Waals surface area contributed by atoms with E-state index in [1.165, 1.54) is 31.2 Å². The summed E-state index contributed by atoms with van der Waals surface area (Å²) in [4.78, 5) is 2.52. The molecule has 25 heavy (non-hydrogen) atoms. The monoisotopic (exact) mass is 345 g/mol. The van der Waals surface area contributed by atoms with Gasteiger partial charge in [0, 0.05) is 26.3 Å². The summed E-state index contributed by atoms with van der Waals surface area (Å²) in [5, 5.41) is 10.6. The van der Waals surface area contributed by atoms with Gasteiger partial charge in [-0.15, -0.1) is 0 Å². The van der Waals surface area contributed by atoms with Crippen molar-refractivity contribution in [3.05, 3.63) is 35.9 Å². The third-order valence-electron chi connectivity index (χ3n) is 6.44. The van der Waals surface area contributed by atoms with E-state index in [0.29, 0.717) is 13.2 Å². The molecule has 0 radical (unpaired) electrons. The van der Waals surface area contributed by atoms with Crippen molar-refractivity contribution >= 4 is 0 Å². The maximum absolute atomic E-state index is 10.6. The number of aliphatic hydroxyl groups is 1. The van der Waals surface area contributed by atoms with Crippen LogP contribution in [0, 0.1) is 5.92 Å². The van der Waals surface area contributed by atoms with Crippen LogP contribution in [0.1, 0.15) is 44.1 Å². The predicted octanol–water partition coefficient (Wildman–Crippen LogP) is 2.94. The van der Waals surface area contributed by atoms with E-state index >= 15 is 0 Å². The Morgan fingerprint density at radius 3 is 2.72 bits per heavy atom. The number of benzene rings is 1. The summed E-state index contributed by atoms with van der Waals surface area (Å²) < 4.78 is 11.3. The van der Waals surface area contributed by atoms with Crippen LogP contribution in [-0.2, 0) is 15.0 Å². The fraction of sp³-hybridized carbons (Fsp3) is 0.714. The van der Waals surface area contributed by atoms with Crippen molar-refractivity contribution in [1.82, 2.24) is 4.90 Å². The highest BCUT2D eigenvalue weighted by Crippen LogP contribution is 2.53. The second kappa shape index (κ2) is 7.75. The van der Waals surface area contributed by atoms with Gasteiger partial charge in [-0.2, -0.15) is 0 Å². The molecule has 1 N–H and O–H groups in total. The Kier molecular flexibility index (Phi) is 5.41. The van der Waals surface area contributed by atoms with Crippen LogP contribution in [-0.4, -0.2) is 55.1 Å². The number of β-amino-alcohol motifs (C(OH)–C–C–N with tert-alkyl or cyclic N) is 1. The minimum Gasteiger partial charge on any atom is -0.389 e. The van der Waals surface area contributed by atoms with Gasteiger partial charge >= 0.3 is 0 Å². The fourth-order valence-corrected chi connectivity index (χ4v) is 5.13. The quantitative estimate of drug-likeness (QED) is 0.861. The largest absolute Gasteiger partial charge is 0.389 e. The lowest BCUT2D eigenvalue weighted by Crippen LogP contribution is -2.67. The molecule has 1 aliphatic carbocycles. The molecule has 1 aromatic rings. The highest BCUT2D eigenvalue weighted by atomic mass is 16.5. The van der Waals surface area contributed by atoms with E-state index in [1.54, 1.807) is 0 Å². The van der Waals surface area contributed by atoms with E-state index in [0.717, 1.165) is 38.5 Å². The van der Waals surface area contributed by atoms with Gasteiger partial charge in [-0.3, -0.25) is 4.90 Å². The predicted molar refractivity (Wildman–Crippen MR) is 97.5 cm³/mol. The van der Waals surface area contributed by atoms with E-state index < -0.39 is 6.10 Å².